The second kappa shape index (κ2) is 6.65. The summed E-state index contributed by atoms with van der Waals surface area (Å²) >= 11 is 0. The van der Waals surface area contributed by atoms with Gasteiger partial charge in [0.05, 0.1) is 0 Å². The summed E-state index contributed by atoms with van der Waals surface area (Å²) in [5.74, 6) is -1.15. The summed E-state index contributed by atoms with van der Waals surface area (Å²) in [5, 5.41) is 8.64. The second-order valence-electron chi connectivity index (χ2n) is 4.51. The van der Waals surface area contributed by atoms with Crippen molar-refractivity contribution >= 4 is 12.0 Å². The topological polar surface area (TPSA) is 59.4 Å². The Kier molecular flexibility index (Phi) is 4.66. The highest BCUT2D eigenvalue weighted by Crippen LogP contribution is 2.22. The van der Waals surface area contributed by atoms with Crippen molar-refractivity contribution in [3.63, 3.8) is 0 Å². The fourth-order valence-corrected chi connectivity index (χ4v) is 1.80. The highest BCUT2D eigenvalue weighted by molar-refractivity contribution is 5.85. The van der Waals surface area contributed by atoms with Crippen molar-refractivity contribution in [2.45, 2.75) is 13.5 Å². The standard InChI is InChI=1S/C16H14FNO3/c1-11-6-12(9-18-8-11)10-21-15-4-3-14(17)7-13(15)2-5-16(19)20/h2-9H,10H2,1H3,(H,19,20)/b5-2+. The third-order valence-electron chi connectivity index (χ3n) is 2.70. The van der Waals surface area contributed by atoms with Gasteiger partial charge in [-0.2, -0.15) is 0 Å². The average Bonchev–Trinajstić information content (AvgIpc) is 2.44. The van der Waals surface area contributed by atoms with Crippen LogP contribution in [0.3, 0.4) is 0 Å². The number of rotatable bonds is 5. The quantitative estimate of drug-likeness (QED) is 0.858. The minimum atomic E-state index is -1.10. The van der Waals surface area contributed by atoms with E-state index in [1.165, 1.54) is 24.3 Å². The monoisotopic (exact) mass is 287 g/mol. The lowest BCUT2D eigenvalue weighted by atomic mass is 10.1. The number of benzene rings is 1. The lowest BCUT2D eigenvalue weighted by molar-refractivity contribution is -0.131. The van der Waals surface area contributed by atoms with E-state index in [0.717, 1.165) is 17.2 Å². The summed E-state index contributed by atoms with van der Waals surface area (Å²) in [6.07, 6.45) is 5.66. The maximum Gasteiger partial charge on any atom is 0.328 e. The molecule has 0 bridgehead atoms. The van der Waals surface area contributed by atoms with Gasteiger partial charge in [0.25, 0.3) is 0 Å². The van der Waals surface area contributed by atoms with E-state index in [1.54, 1.807) is 12.4 Å². The molecule has 4 nitrogen and oxygen atoms in total. The number of carbonyl (C=O) groups is 1. The molecule has 108 valence electrons. The molecule has 1 aromatic carbocycles. The van der Waals surface area contributed by atoms with Crippen LogP contribution in [0.25, 0.3) is 6.08 Å². The van der Waals surface area contributed by atoms with Crippen LogP contribution in [0.1, 0.15) is 16.7 Å². The first kappa shape index (κ1) is 14.7. The van der Waals surface area contributed by atoms with Crippen LogP contribution in [-0.4, -0.2) is 16.1 Å². The lowest BCUT2D eigenvalue weighted by Crippen LogP contribution is -1.98. The Bertz CT molecular complexity index is 683. The van der Waals surface area contributed by atoms with Crippen LogP contribution in [0.2, 0.25) is 0 Å². The van der Waals surface area contributed by atoms with Crippen molar-refractivity contribution in [2.24, 2.45) is 0 Å². The average molecular weight is 287 g/mol. The molecule has 5 heteroatoms. The molecule has 21 heavy (non-hydrogen) atoms. The van der Waals surface area contributed by atoms with Crippen LogP contribution in [-0.2, 0) is 11.4 Å². The van der Waals surface area contributed by atoms with Crippen molar-refractivity contribution in [3.05, 3.63) is 65.2 Å². The predicted molar refractivity (Wildman–Crippen MR) is 76.4 cm³/mol. The third kappa shape index (κ3) is 4.42. The summed E-state index contributed by atoms with van der Waals surface area (Å²) in [6.45, 7) is 2.20. The first-order valence-corrected chi connectivity index (χ1v) is 6.28. The summed E-state index contributed by atoms with van der Waals surface area (Å²) in [7, 11) is 0. The van der Waals surface area contributed by atoms with Crippen molar-refractivity contribution in [1.29, 1.82) is 0 Å². The maximum atomic E-state index is 13.2. The van der Waals surface area contributed by atoms with E-state index in [0.29, 0.717) is 11.3 Å². The zero-order valence-corrected chi connectivity index (χ0v) is 11.4. The number of aromatic nitrogens is 1. The molecule has 0 aliphatic heterocycles. The Morgan fingerprint density at radius 1 is 1.38 bits per heavy atom. The first-order valence-electron chi connectivity index (χ1n) is 6.28. The van der Waals surface area contributed by atoms with E-state index in [2.05, 4.69) is 4.98 Å². The van der Waals surface area contributed by atoms with Gasteiger partial charge in [0.1, 0.15) is 18.2 Å². The van der Waals surface area contributed by atoms with Crippen LogP contribution in [0, 0.1) is 12.7 Å². The number of carboxylic acids is 1. The number of hydrogen-bond acceptors (Lipinski definition) is 3. The number of ether oxygens (including phenoxy) is 1. The highest BCUT2D eigenvalue weighted by Gasteiger charge is 2.04. The number of pyridine rings is 1. The molecular weight excluding hydrogens is 273 g/mol. The van der Waals surface area contributed by atoms with Gasteiger partial charge >= 0.3 is 5.97 Å². The Balaban J connectivity index is 2.17. The molecule has 2 rings (SSSR count). The molecule has 0 saturated carbocycles. The molecule has 0 amide bonds. The summed E-state index contributed by atoms with van der Waals surface area (Å²) in [6, 6.07) is 5.90. The Morgan fingerprint density at radius 2 is 2.19 bits per heavy atom. The van der Waals surface area contributed by atoms with Crippen LogP contribution >= 0.6 is 0 Å². The Morgan fingerprint density at radius 3 is 2.90 bits per heavy atom. The zero-order chi connectivity index (χ0) is 15.2. The molecule has 0 spiro atoms. The van der Waals surface area contributed by atoms with Gasteiger partial charge in [0.2, 0.25) is 0 Å². The highest BCUT2D eigenvalue weighted by atomic mass is 19.1. The molecule has 0 saturated heterocycles. The molecule has 0 aliphatic carbocycles. The normalized spacial score (nSPS) is 10.8. The first-order chi connectivity index (χ1) is 10.0. The molecule has 0 fully saturated rings. The van der Waals surface area contributed by atoms with Gasteiger partial charge in [-0.05, 0) is 42.8 Å². The van der Waals surface area contributed by atoms with E-state index in [-0.39, 0.29) is 6.61 Å². The molecule has 1 aromatic heterocycles. The van der Waals surface area contributed by atoms with Gasteiger partial charge in [-0.15, -0.1) is 0 Å². The molecule has 0 unspecified atom stereocenters. The minimum Gasteiger partial charge on any atom is -0.488 e. The SMILES string of the molecule is Cc1cncc(COc2ccc(F)cc2/C=C/C(=O)O)c1. The number of aryl methyl sites for hydroxylation is 1. The molecule has 1 N–H and O–H groups in total. The van der Waals surface area contributed by atoms with E-state index >= 15 is 0 Å². The fraction of sp³-hybridized carbons (Fsp3) is 0.125. The van der Waals surface area contributed by atoms with Crippen LogP contribution < -0.4 is 4.74 Å². The number of aliphatic carboxylic acids is 1. The van der Waals surface area contributed by atoms with Gasteiger partial charge in [-0.3, -0.25) is 4.98 Å². The minimum absolute atomic E-state index is 0.272. The number of hydrogen-bond donors (Lipinski definition) is 1. The van der Waals surface area contributed by atoms with Crippen LogP contribution in [0.15, 0.2) is 42.7 Å². The van der Waals surface area contributed by atoms with Crippen molar-refractivity contribution < 1.29 is 19.0 Å². The number of halogens is 1. The van der Waals surface area contributed by atoms with Gasteiger partial charge < -0.3 is 9.84 Å². The summed E-state index contributed by atoms with van der Waals surface area (Å²) in [5.41, 5.74) is 2.27. The molecule has 0 aliphatic rings. The van der Waals surface area contributed by atoms with E-state index in [4.69, 9.17) is 9.84 Å². The molecule has 0 radical (unpaired) electrons. The summed E-state index contributed by atoms with van der Waals surface area (Å²) in [4.78, 5) is 14.6. The Hall–Kier alpha value is -2.69. The largest absolute Gasteiger partial charge is 0.488 e. The van der Waals surface area contributed by atoms with Crippen molar-refractivity contribution in [1.82, 2.24) is 4.98 Å². The van der Waals surface area contributed by atoms with E-state index < -0.39 is 11.8 Å². The maximum absolute atomic E-state index is 13.2. The molecule has 0 atom stereocenters. The molecular formula is C16H14FNO3. The fourth-order valence-electron chi connectivity index (χ4n) is 1.80. The van der Waals surface area contributed by atoms with Gasteiger partial charge in [-0.1, -0.05) is 0 Å². The number of carboxylic acid groups (broad SMARTS) is 1. The second-order valence-corrected chi connectivity index (χ2v) is 4.51. The van der Waals surface area contributed by atoms with Crippen LogP contribution in [0.4, 0.5) is 4.39 Å². The van der Waals surface area contributed by atoms with Gasteiger partial charge in [0.15, 0.2) is 0 Å². The summed E-state index contributed by atoms with van der Waals surface area (Å²) < 4.78 is 18.9. The zero-order valence-electron chi connectivity index (χ0n) is 11.4. The van der Waals surface area contributed by atoms with Gasteiger partial charge in [-0.25, -0.2) is 9.18 Å². The van der Waals surface area contributed by atoms with E-state index in [9.17, 15) is 9.18 Å². The molecule has 1 heterocycles. The lowest BCUT2D eigenvalue weighted by Gasteiger charge is -2.09. The smallest absolute Gasteiger partial charge is 0.328 e. The Labute approximate surface area is 121 Å². The van der Waals surface area contributed by atoms with Crippen molar-refractivity contribution in [3.8, 4) is 5.75 Å². The third-order valence-corrected chi connectivity index (χ3v) is 2.70. The van der Waals surface area contributed by atoms with Gasteiger partial charge in [0, 0.05) is 29.6 Å². The molecule has 2 aromatic rings. The predicted octanol–water partition coefficient (Wildman–Crippen LogP) is 3.21. The number of nitrogens with zero attached hydrogens (tertiary/aromatic N) is 1. The van der Waals surface area contributed by atoms with E-state index in [1.807, 2.05) is 13.0 Å². The van der Waals surface area contributed by atoms with Crippen molar-refractivity contribution in [2.75, 3.05) is 0 Å². The van der Waals surface area contributed by atoms with Crippen LogP contribution in [0.5, 0.6) is 5.75 Å².